The topological polar surface area (TPSA) is 75.5 Å². The molecule has 4 rings (SSSR count). The number of aromatic nitrogens is 6. The van der Waals surface area contributed by atoms with E-state index >= 15 is 0 Å². The van der Waals surface area contributed by atoms with Crippen molar-refractivity contribution in [2.75, 3.05) is 18.0 Å². The predicted octanol–water partition coefficient (Wildman–Crippen LogP) is 2.41. The van der Waals surface area contributed by atoms with Gasteiger partial charge in [0.15, 0.2) is 17.2 Å². The Kier molecular flexibility index (Phi) is 3.39. The molecule has 1 aliphatic rings. The molecule has 1 N–H and O–H groups in total. The first-order valence-corrected chi connectivity index (χ1v) is 7.54. The zero-order valence-electron chi connectivity index (χ0n) is 12.5. The molecular formula is C14H14F3N7. The maximum Gasteiger partial charge on any atom is 0.435 e. The van der Waals surface area contributed by atoms with E-state index in [2.05, 4.69) is 29.9 Å². The first-order valence-electron chi connectivity index (χ1n) is 7.54. The van der Waals surface area contributed by atoms with Crippen molar-refractivity contribution < 1.29 is 13.2 Å². The lowest BCUT2D eigenvalue weighted by molar-refractivity contribution is -0.141. The van der Waals surface area contributed by atoms with Crippen molar-refractivity contribution in [3.8, 4) is 0 Å². The first-order chi connectivity index (χ1) is 11.5. The van der Waals surface area contributed by atoms with Crippen LogP contribution in [0.3, 0.4) is 0 Å². The van der Waals surface area contributed by atoms with Gasteiger partial charge in [0, 0.05) is 19.3 Å². The lowest BCUT2D eigenvalue weighted by Crippen LogP contribution is -2.35. The molecule has 1 saturated heterocycles. The number of nitrogens with zero attached hydrogens (tertiary/aromatic N) is 6. The predicted molar refractivity (Wildman–Crippen MR) is 79.4 cm³/mol. The van der Waals surface area contributed by atoms with Crippen LogP contribution in [0.25, 0.3) is 11.2 Å². The first kappa shape index (κ1) is 14.9. The maximum absolute atomic E-state index is 12.7. The molecule has 7 nitrogen and oxygen atoms in total. The van der Waals surface area contributed by atoms with Crippen LogP contribution in [0.5, 0.6) is 0 Å². The van der Waals surface area contributed by atoms with E-state index in [1.807, 2.05) is 0 Å². The number of nitrogens with one attached hydrogen (secondary N) is 1. The SMILES string of the molecule is FC(F)(F)c1ccn(C2CCN(c3ncnc4nc[nH]c34)CC2)n1. The van der Waals surface area contributed by atoms with Gasteiger partial charge in [-0.15, -0.1) is 0 Å². The molecule has 0 aliphatic carbocycles. The monoisotopic (exact) mass is 337 g/mol. The van der Waals surface area contributed by atoms with Gasteiger partial charge in [-0.1, -0.05) is 0 Å². The van der Waals surface area contributed by atoms with Crippen molar-refractivity contribution in [2.24, 2.45) is 0 Å². The third-order valence-electron chi connectivity index (χ3n) is 4.24. The van der Waals surface area contributed by atoms with Crippen LogP contribution in [-0.4, -0.2) is 42.8 Å². The summed E-state index contributed by atoms with van der Waals surface area (Å²) in [4.78, 5) is 17.6. The summed E-state index contributed by atoms with van der Waals surface area (Å²) in [5.41, 5.74) is 0.526. The second kappa shape index (κ2) is 5.46. The zero-order valence-corrected chi connectivity index (χ0v) is 12.5. The van der Waals surface area contributed by atoms with Crippen molar-refractivity contribution in [2.45, 2.75) is 25.1 Å². The summed E-state index contributed by atoms with van der Waals surface area (Å²) in [5.74, 6) is 0.771. The molecule has 1 fully saturated rings. The highest BCUT2D eigenvalue weighted by atomic mass is 19.4. The van der Waals surface area contributed by atoms with Crippen LogP contribution < -0.4 is 4.90 Å². The number of anilines is 1. The van der Waals surface area contributed by atoms with Gasteiger partial charge >= 0.3 is 6.18 Å². The fourth-order valence-corrected chi connectivity index (χ4v) is 3.03. The number of H-pyrrole nitrogens is 1. The fraction of sp³-hybridized carbons (Fsp3) is 0.429. The second-order valence-electron chi connectivity index (χ2n) is 5.70. The van der Waals surface area contributed by atoms with Crippen molar-refractivity contribution in [3.63, 3.8) is 0 Å². The van der Waals surface area contributed by atoms with Crippen LogP contribution in [-0.2, 0) is 6.18 Å². The Balaban J connectivity index is 1.49. The van der Waals surface area contributed by atoms with Gasteiger partial charge in [-0.2, -0.15) is 18.3 Å². The smallest absolute Gasteiger partial charge is 0.355 e. The quantitative estimate of drug-likeness (QED) is 0.777. The molecule has 126 valence electrons. The van der Waals surface area contributed by atoms with Gasteiger partial charge in [0.2, 0.25) is 0 Å². The average Bonchev–Trinajstić information content (AvgIpc) is 3.23. The molecule has 0 unspecified atom stereocenters. The summed E-state index contributed by atoms with van der Waals surface area (Å²) >= 11 is 0. The van der Waals surface area contributed by atoms with Crippen LogP contribution in [0.1, 0.15) is 24.6 Å². The van der Waals surface area contributed by atoms with Crippen LogP contribution >= 0.6 is 0 Å². The molecule has 0 radical (unpaired) electrons. The number of imidazole rings is 1. The molecule has 0 aromatic carbocycles. The third-order valence-corrected chi connectivity index (χ3v) is 4.24. The minimum Gasteiger partial charge on any atom is -0.355 e. The van der Waals surface area contributed by atoms with Gasteiger partial charge in [-0.3, -0.25) is 4.68 Å². The average molecular weight is 337 g/mol. The minimum atomic E-state index is -4.40. The van der Waals surface area contributed by atoms with E-state index in [-0.39, 0.29) is 6.04 Å². The van der Waals surface area contributed by atoms with E-state index in [1.165, 1.54) is 17.2 Å². The van der Waals surface area contributed by atoms with Crippen LogP contribution in [0.15, 0.2) is 24.9 Å². The number of rotatable bonds is 2. The number of alkyl halides is 3. The summed E-state index contributed by atoms with van der Waals surface area (Å²) in [6, 6.07) is 0.974. The Morgan fingerprint density at radius 1 is 1.12 bits per heavy atom. The standard InChI is InChI=1S/C14H14F3N7/c15-14(16,17)10-3-6-24(22-10)9-1-4-23(5-2-9)13-11-12(19-7-18-11)20-8-21-13/h3,6-9H,1-2,4-5H2,(H,18,19,20,21). The Bertz CT molecular complexity index is 845. The molecule has 4 heterocycles. The highest BCUT2D eigenvalue weighted by Gasteiger charge is 2.34. The lowest BCUT2D eigenvalue weighted by atomic mass is 10.1. The Labute approximate surface area is 134 Å². The van der Waals surface area contributed by atoms with Crippen LogP contribution in [0.2, 0.25) is 0 Å². The Morgan fingerprint density at radius 3 is 2.62 bits per heavy atom. The number of piperidine rings is 1. The Morgan fingerprint density at radius 2 is 1.92 bits per heavy atom. The molecule has 0 amide bonds. The van der Waals surface area contributed by atoms with E-state index in [1.54, 1.807) is 6.33 Å². The van der Waals surface area contributed by atoms with Crippen molar-refractivity contribution in [1.29, 1.82) is 0 Å². The number of halogens is 3. The van der Waals surface area contributed by atoms with Gasteiger partial charge in [0.1, 0.15) is 11.8 Å². The van der Waals surface area contributed by atoms with Crippen molar-refractivity contribution in [1.82, 2.24) is 29.7 Å². The maximum atomic E-state index is 12.7. The molecule has 1 aliphatic heterocycles. The van der Waals surface area contributed by atoms with Gasteiger partial charge in [0.25, 0.3) is 0 Å². The Hall–Kier alpha value is -2.65. The largest absolute Gasteiger partial charge is 0.435 e. The summed E-state index contributed by atoms with van der Waals surface area (Å²) in [6.45, 7) is 1.36. The normalized spacial score (nSPS) is 16.9. The summed E-state index contributed by atoms with van der Waals surface area (Å²) < 4.78 is 39.4. The second-order valence-corrected chi connectivity index (χ2v) is 5.70. The molecule has 0 spiro atoms. The summed E-state index contributed by atoms with van der Waals surface area (Å²) in [7, 11) is 0. The van der Waals surface area contributed by atoms with Gasteiger partial charge in [0.05, 0.1) is 12.4 Å². The number of fused-ring (bicyclic) bond motifs is 1. The molecule has 0 bridgehead atoms. The molecule has 10 heteroatoms. The molecular weight excluding hydrogens is 323 g/mol. The zero-order chi connectivity index (χ0) is 16.7. The highest BCUT2D eigenvalue weighted by Crippen LogP contribution is 2.31. The number of aromatic amines is 1. The van der Waals surface area contributed by atoms with E-state index in [4.69, 9.17) is 0 Å². The number of hydrogen-bond donors (Lipinski definition) is 1. The van der Waals surface area contributed by atoms with E-state index < -0.39 is 11.9 Å². The van der Waals surface area contributed by atoms with E-state index in [0.29, 0.717) is 31.6 Å². The van der Waals surface area contributed by atoms with Crippen LogP contribution in [0.4, 0.5) is 19.0 Å². The van der Waals surface area contributed by atoms with E-state index in [0.717, 1.165) is 17.4 Å². The third kappa shape index (κ3) is 2.57. The lowest BCUT2D eigenvalue weighted by Gasteiger charge is -2.32. The highest BCUT2D eigenvalue weighted by molar-refractivity contribution is 5.82. The summed E-state index contributed by atoms with van der Waals surface area (Å²) in [5, 5.41) is 3.68. The number of hydrogen-bond acceptors (Lipinski definition) is 5. The van der Waals surface area contributed by atoms with E-state index in [9.17, 15) is 13.2 Å². The fourth-order valence-electron chi connectivity index (χ4n) is 3.03. The molecule has 24 heavy (non-hydrogen) atoms. The van der Waals surface area contributed by atoms with Crippen LogP contribution in [0, 0.1) is 0 Å². The molecule has 3 aromatic rings. The van der Waals surface area contributed by atoms with Crippen molar-refractivity contribution in [3.05, 3.63) is 30.6 Å². The van der Waals surface area contributed by atoms with Gasteiger partial charge < -0.3 is 9.88 Å². The van der Waals surface area contributed by atoms with Gasteiger partial charge in [-0.05, 0) is 18.9 Å². The molecule has 3 aromatic heterocycles. The summed E-state index contributed by atoms with van der Waals surface area (Å²) in [6.07, 6.45) is 1.42. The van der Waals surface area contributed by atoms with Crippen molar-refractivity contribution >= 4 is 17.0 Å². The minimum absolute atomic E-state index is 0.0450. The van der Waals surface area contributed by atoms with Gasteiger partial charge in [-0.25, -0.2) is 15.0 Å². The molecule has 0 saturated carbocycles. The molecule has 0 atom stereocenters.